The van der Waals surface area contributed by atoms with Crippen LogP contribution in [0.1, 0.15) is 38.5 Å². The molecular weight excluding hydrogens is 234 g/mol. The largest absolute Gasteiger partial charge is 0.443 e. The number of imide groups is 1. The summed E-state index contributed by atoms with van der Waals surface area (Å²) < 4.78 is 5.02. The van der Waals surface area contributed by atoms with Gasteiger partial charge >= 0.3 is 5.97 Å². The number of amides is 2. The zero-order valence-electron chi connectivity index (χ0n) is 10.1. The van der Waals surface area contributed by atoms with Gasteiger partial charge in [0.2, 0.25) is 0 Å². The van der Waals surface area contributed by atoms with Gasteiger partial charge in [-0.05, 0) is 38.5 Å². The summed E-state index contributed by atoms with van der Waals surface area (Å²) in [7, 11) is 0. The van der Waals surface area contributed by atoms with Gasteiger partial charge in [0.25, 0.3) is 11.8 Å². The molecule has 0 aromatic rings. The molecule has 0 radical (unpaired) electrons. The summed E-state index contributed by atoms with van der Waals surface area (Å²) in [6, 6.07) is 0. The Labute approximate surface area is 105 Å². The van der Waals surface area contributed by atoms with Crippen LogP contribution in [0.5, 0.6) is 0 Å². The zero-order chi connectivity index (χ0) is 12.7. The fourth-order valence-corrected chi connectivity index (χ4v) is 2.48. The monoisotopic (exact) mass is 249 g/mol. The second-order valence-electron chi connectivity index (χ2n) is 5.07. The van der Waals surface area contributed by atoms with Gasteiger partial charge in [0.1, 0.15) is 0 Å². The van der Waals surface area contributed by atoms with Crippen molar-refractivity contribution in [2.24, 2.45) is 5.92 Å². The number of hydrogen-bond donors (Lipinski definition) is 0. The van der Waals surface area contributed by atoms with Crippen LogP contribution in [0.3, 0.4) is 0 Å². The van der Waals surface area contributed by atoms with Crippen molar-refractivity contribution in [3.05, 3.63) is 11.1 Å². The maximum atomic E-state index is 12.0. The van der Waals surface area contributed by atoms with Gasteiger partial charge in [0, 0.05) is 11.1 Å². The van der Waals surface area contributed by atoms with Crippen LogP contribution in [0.4, 0.5) is 0 Å². The molecule has 96 valence electrons. The second kappa shape index (κ2) is 4.23. The number of rotatable bonds is 3. The lowest BCUT2D eigenvalue weighted by Crippen LogP contribution is -2.35. The van der Waals surface area contributed by atoms with Gasteiger partial charge in [-0.1, -0.05) is 0 Å². The van der Waals surface area contributed by atoms with Crippen LogP contribution in [0.2, 0.25) is 0 Å². The maximum absolute atomic E-state index is 12.0. The summed E-state index contributed by atoms with van der Waals surface area (Å²) in [6.07, 6.45) is 4.96. The van der Waals surface area contributed by atoms with Crippen molar-refractivity contribution in [1.29, 1.82) is 0 Å². The highest BCUT2D eigenvalue weighted by Gasteiger charge is 2.40. The molecule has 0 spiro atoms. The standard InChI is InChI=1S/C13H15NO4/c15-11-9-3-1-2-4-10(9)12(16)14(11)7-18-13(17)8-5-6-8/h8H,1-7H2. The maximum Gasteiger partial charge on any atom is 0.310 e. The summed E-state index contributed by atoms with van der Waals surface area (Å²) >= 11 is 0. The van der Waals surface area contributed by atoms with E-state index in [1.54, 1.807) is 0 Å². The average Bonchev–Trinajstić information content (AvgIpc) is 3.19. The number of esters is 1. The van der Waals surface area contributed by atoms with E-state index in [4.69, 9.17) is 4.74 Å². The van der Waals surface area contributed by atoms with E-state index >= 15 is 0 Å². The molecule has 1 heterocycles. The Hall–Kier alpha value is -1.65. The summed E-state index contributed by atoms with van der Waals surface area (Å²) in [5.74, 6) is -0.836. The molecule has 5 heteroatoms. The van der Waals surface area contributed by atoms with Crippen LogP contribution in [0.15, 0.2) is 11.1 Å². The molecule has 0 atom stereocenters. The Morgan fingerprint density at radius 1 is 1.11 bits per heavy atom. The molecule has 2 aliphatic carbocycles. The molecule has 3 aliphatic rings. The minimum Gasteiger partial charge on any atom is -0.443 e. The van der Waals surface area contributed by atoms with Crippen LogP contribution in [-0.2, 0) is 19.1 Å². The summed E-state index contributed by atoms with van der Waals surface area (Å²) in [4.78, 5) is 36.5. The average molecular weight is 249 g/mol. The number of nitrogens with zero attached hydrogens (tertiary/aromatic N) is 1. The van der Waals surface area contributed by atoms with E-state index in [2.05, 4.69) is 0 Å². The van der Waals surface area contributed by atoms with Crippen LogP contribution < -0.4 is 0 Å². The Balaban J connectivity index is 1.65. The zero-order valence-corrected chi connectivity index (χ0v) is 10.1. The lowest BCUT2D eigenvalue weighted by atomic mass is 9.93. The Kier molecular flexibility index (Phi) is 2.69. The molecule has 0 bridgehead atoms. The molecular formula is C13H15NO4. The fourth-order valence-electron chi connectivity index (χ4n) is 2.48. The third-order valence-electron chi connectivity index (χ3n) is 3.72. The van der Waals surface area contributed by atoms with E-state index in [-0.39, 0.29) is 30.4 Å². The van der Waals surface area contributed by atoms with Gasteiger partial charge < -0.3 is 4.74 Å². The molecule has 5 nitrogen and oxygen atoms in total. The van der Waals surface area contributed by atoms with Crippen molar-refractivity contribution < 1.29 is 19.1 Å². The van der Waals surface area contributed by atoms with Crippen molar-refractivity contribution >= 4 is 17.8 Å². The first-order valence-electron chi connectivity index (χ1n) is 6.43. The van der Waals surface area contributed by atoms with Gasteiger partial charge in [-0.25, -0.2) is 4.90 Å². The molecule has 1 saturated carbocycles. The van der Waals surface area contributed by atoms with Crippen molar-refractivity contribution in [3.63, 3.8) is 0 Å². The van der Waals surface area contributed by atoms with Crippen molar-refractivity contribution in [1.82, 2.24) is 4.90 Å². The number of carbonyl (C=O) groups is 3. The smallest absolute Gasteiger partial charge is 0.310 e. The minimum atomic E-state index is -0.291. The third-order valence-corrected chi connectivity index (χ3v) is 3.72. The summed E-state index contributed by atoms with van der Waals surface area (Å²) in [5, 5.41) is 0. The SMILES string of the molecule is O=C(OCN1C(=O)C2=C(CCCC2)C1=O)C1CC1. The third kappa shape index (κ3) is 1.83. The van der Waals surface area contributed by atoms with Crippen LogP contribution in [0, 0.1) is 5.92 Å². The summed E-state index contributed by atoms with van der Waals surface area (Å²) in [5.41, 5.74) is 1.27. The van der Waals surface area contributed by atoms with Gasteiger partial charge in [0.15, 0.2) is 6.73 Å². The van der Waals surface area contributed by atoms with Gasteiger partial charge in [-0.3, -0.25) is 14.4 Å². The Morgan fingerprint density at radius 3 is 2.17 bits per heavy atom. The number of carbonyl (C=O) groups excluding carboxylic acids is 3. The van der Waals surface area contributed by atoms with Crippen molar-refractivity contribution in [2.45, 2.75) is 38.5 Å². The fraction of sp³-hybridized carbons (Fsp3) is 0.615. The van der Waals surface area contributed by atoms with E-state index in [0.717, 1.165) is 30.6 Å². The first-order valence-corrected chi connectivity index (χ1v) is 6.43. The van der Waals surface area contributed by atoms with Gasteiger partial charge in [0.05, 0.1) is 5.92 Å². The molecule has 0 N–H and O–H groups in total. The number of ether oxygens (including phenoxy) is 1. The molecule has 3 rings (SSSR count). The normalized spacial score (nSPS) is 23.4. The molecule has 1 fully saturated rings. The number of hydrogen-bond acceptors (Lipinski definition) is 4. The molecule has 0 aromatic carbocycles. The lowest BCUT2D eigenvalue weighted by Gasteiger charge is -2.14. The molecule has 1 aliphatic heterocycles. The van der Waals surface area contributed by atoms with Crippen LogP contribution in [-0.4, -0.2) is 29.4 Å². The minimum absolute atomic E-state index is 0.0135. The van der Waals surface area contributed by atoms with Gasteiger partial charge in [-0.15, -0.1) is 0 Å². The molecule has 2 amide bonds. The van der Waals surface area contributed by atoms with E-state index in [1.807, 2.05) is 0 Å². The van der Waals surface area contributed by atoms with Crippen molar-refractivity contribution in [2.75, 3.05) is 6.73 Å². The molecule has 0 unspecified atom stereocenters. The van der Waals surface area contributed by atoms with Crippen molar-refractivity contribution in [3.8, 4) is 0 Å². The highest BCUT2D eigenvalue weighted by molar-refractivity contribution is 6.19. The second-order valence-corrected chi connectivity index (χ2v) is 5.07. The van der Waals surface area contributed by atoms with Gasteiger partial charge in [-0.2, -0.15) is 0 Å². The highest BCUT2D eigenvalue weighted by Crippen LogP contribution is 2.33. The lowest BCUT2D eigenvalue weighted by molar-refractivity contribution is -0.156. The Morgan fingerprint density at radius 2 is 1.67 bits per heavy atom. The molecule has 18 heavy (non-hydrogen) atoms. The predicted molar refractivity (Wildman–Crippen MR) is 61.0 cm³/mol. The predicted octanol–water partition coefficient (Wildman–Crippen LogP) is 1.14. The van der Waals surface area contributed by atoms with Crippen LogP contribution >= 0.6 is 0 Å². The quantitative estimate of drug-likeness (QED) is 0.555. The first-order chi connectivity index (χ1) is 8.68. The first kappa shape index (κ1) is 11.4. The Bertz CT molecular complexity index is 434. The van der Waals surface area contributed by atoms with Crippen LogP contribution in [0.25, 0.3) is 0 Å². The van der Waals surface area contributed by atoms with E-state index < -0.39 is 0 Å². The van der Waals surface area contributed by atoms with E-state index in [9.17, 15) is 14.4 Å². The topological polar surface area (TPSA) is 63.7 Å². The molecule has 0 aromatic heterocycles. The van der Waals surface area contributed by atoms with E-state index in [1.165, 1.54) is 0 Å². The summed E-state index contributed by atoms with van der Waals surface area (Å²) in [6.45, 7) is -0.222. The highest BCUT2D eigenvalue weighted by atomic mass is 16.5. The van der Waals surface area contributed by atoms with E-state index in [0.29, 0.717) is 24.0 Å². The molecule has 0 saturated heterocycles.